The molecule has 1 aromatic heterocycles. The maximum Gasteiger partial charge on any atom is 0.307 e. The van der Waals surface area contributed by atoms with Gasteiger partial charge in [0, 0.05) is 29.2 Å². The zero-order valence-corrected chi connectivity index (χ0v) is 14.9. The van der Waals surface area contributed by atoms with E-state index in [1.165, 1.54) is 22.5 Å². The molecule has 2 aromatic rings. The minimum absolute atomic E-state index is 0.0105. The number of hydrogen-bond donors (Lipinski definition) is 2. The molecular formula is C18H23N3O2S. The van der Waals surface area contributed by atoms with Crippen molar-refractivity contribution in [2.24, 2.45) is 0 Å². The number of benzene rings is 1. The second kappa shape index (κ2) is 6.81. The summed E-state index contributed by atoms with van der Waals surface area (Å²) < 4.78 is 1.69. The highest BCUT2D eigenvalue weighted by Gasteiger charge is 2.22. The first kappa shape index (κ1) is 16.8. The minimum atomic E-state index is -0.0140. The number of amides is 1. The number of hydrogen-bond acceptors (Lipinski definition) is 4. The van der Waals surface area contributed by atoms with E-state index in [2.05, 4.69) is 5.32 Å². The molecule has 0 radical (unpaired) electrons. The number of nitrogens with one attached hydrogen (secondary N) is 1. The highest BCUT2D eigenvalue weighted by Crippen LogP contribution is 2.31. The van der Waals surface area contributed by atoms with Gasteiger partial charge in [-0.05, 0) is 56.4 Å². The first-order valence-corrected chi connectivity index (χ1v) is 9.12. The molecule has 24 heavy (non-hydrogen) atoms. The summed E-state index contributed by atoms with van der Waals surface area (Å²) in [4.78, 5) is 25.3. The molecule has 1 aliphatic carbocycles. The Morgan fingerprint density at radius 1 is 1.42 bits per heavy atom. The number of aromatic nitrogens is 1. The molecule has 3 rings (SSSR count). The Bertz CT molecular complexity index is 822. The molecule has 1 amide bonds. The fourth-order valence-electron chi connectivity index (χ4n) is 3.31. The largest absolute Gasteiger partial charge is 0.399 e. The lowest BCUT2D eigenvalue weighted by atomic mass is 9.87. The normalized spacial score (nSPS) is 16.7. The van der Waals surface area contributed by atoms with Crippen LogP contribution in [0.2, 0.25) is 0 Å². The van der Waals surface area contributed by atoms with E-state index in [0.717, 1.165) is 35.5 Å². The Morgan fingerprint density at radius 3 is 2.92 bits per heavy atom. The van der Waals surface area contributed by atoms with E-state index < -0.39 is 0 Å². The number of nitrogens with zero attached hydrogens (tertiary/aromatic N) is 1. The Balaban J connectivity index is 1.65. The van der Waals surface area contributed by atoms with Crippen LogP contribution in [0.25, 0.3) is 0 Å². The van der Waals surface area contributed by atoms with Crippen LogP contribution in [0.15, 0.2) is 23.0 Å². The quantitative estimate of drug-likeness (QED) is 0.837. The Labute approximate surface area is 145 Å². The van der Waals surface area contributed by atoms with Gasteiger partial charge in [0.05, 0.1) is 6.04 Å². The third kappa shape index (κ3) is 3.38. The molecule has 1 aliphatic rings. The number of nitrogen functional groups attached to an aromatic ring is 1. The lowest BCUT2D eigenvalue weighted by Crippen LogP contribution is -2.32. The van der Waals surface area contributed by atoms with E-state index >= 15 is 0 Å². The van der Waals surface area contributed by atoms with Crippen LogP contribution in [0.4, 0.5) is 5.69 Å². The van der Waals surface area contributed by atoms with Gasteiger partial charge in [-0.25, -0.2) is 0 Å². The van der Waals surface area contributed by atoms with Crippen molar-refractivity contribution in [3.05, 3.63) is 49.6 Å². The van der Waals surface area contributed by atoms with Crippen molar-refractivity contribution in [1.29, 1.82) is 0 Å². The number of carbonyl (C=O) groups is 1. The molecule has 128 valence electrons. The molecule has 5 nitrogen and oxygen atoms in total. The molecule has 0 aliphatic heterocycles. The van der Waals surface area contributed by atoms with E-state index in [0.29, 0.717) is 13.0 Å². The van der Waals surface area contributed by atoms with Crippen molar-refractivity contribution in [2.75, 3.05) is 5.73 Å². The Morgan fingerprint density at radius 2 is 2.21 bits per heavy atom. The summed E-state index contributed by atoms with van der Waals surface area (Å²) in [5.41, 5.74) is 9.97. The summed E-state index contributed by atoms with van der Waals surface area (Å²) in [7, 11) is 0. The van der Waals surface area contributed by atoms with Gasteiger partial charge in [0.15, 0.2) is 0 Å². The van der Waals surface area contributed by atoms with Crippen molar-refractivity contribution in [3.63, 3.8) is 0 Å². The Kier molecular flexibility index (Phi) is 4.76. The molecule has 0 spiro atoms. The van der Waals surface area contributed by atoms with Gasteiger partial charge < -0.3 is 15.6 Å². The maximum absolute atomic E-state index is 12.3. The second-order valence-corrected chi connectivity index (χ2v) is 7.55. The van der Waals surface area contributed by atoms with Gasteiger partial charge in [0.1, 0.15) is 0 Å². The first-order chi connectivity index (χ1) is 11.5. The second-order valence-electron chi connectivity index (χ2n) is 6.38. The van der Waals surface area contributed by atoms with E-state index in [-0.39, 0.29) is 16.8 Å². The van der Waals surface area contributed by atoms with Crippen LogP contribution < -0.4 is 15.9 Å². The summed E-state index contributed by atoms with van der Waals surface area (Å²) in [6, 6.07) is 5.96. The van der Waals surface area contributed by atoms with Crippen LogP contribution in [-0.2, 0) is 17.8 Å². The van der Waals surface area contributed by atoms with E-state index in [4.69, 9.17) is 5.73 Å². The number of fused-ring (bicyclic) bond motifs is 1. The number of aryl methyl sites for hydroxylation is 2. The van der Waals surface area contributed by atoms with Crippen molar-refractivity contribution in [2.45, 2.75) is 52.1 Å². The molecule has 1 unspecified atom stereocenters. The average Bonchev–Trinajstić information content (AvgIpc) is 2.78. The highest BCUT2D eigenvalue weighted by molar-refractivity contribution is 7.09. The smallest absolute Gasteiger partial charge is 0.307 e. The third-order valence-electron chi connectivity index (χ3n) is 4.75. The predicted octanol–water partition coefficient (Wildman–Crippen LogP) is 2.69. The van der Waals surface area contributed by atoms with Crippen LogP contribution in [-0.4, -0.2) is 10.5 Å². The van der Waals surface area contributed by atoms with Gasteiger partial charge in [-0.15, -0.1) is 0 Å². The topological polar surface area (TPSA) is 77.1 Å². The van der Waals surface area contributed by atoms with Crippen LogP contribution in [0.1, 0.15) is 47.0 Å². The van der Waals surface area contributed by atoms with Crippen LogP contribution in [0.5, 0.6) is 0 Å². The fraction of sp³-hybridized carbons (Fsp3) is 0.444. The zero-order valence-electron chi connectivity index (χ0n) is 14.1. The monoisotopic (exact) mass is 345 g/mol. The van der Waals surface area contributed by atoms with Gasteiger partial charge >= 0.3 is 4.87 Å². The maximum atomic E-state index is 12.3. The summed E-state index contributed by atoms with van der Waals surface area (Å²) in [6.45, 7) is 4.29. The summed E-state index contributed by atoms with van der Waals surface area (Å²) in [5, 5.41) is 3.12. The lowest BCUT2D eigenvalue weighted by Gasteiger charge is -2.26. The molecule has 3 N–H and O–H groups in total. The highest BCUT2D eigenvalue weighted by atomic mass is 32.1. The van der Waals surface area contributed by atoms with Gasteiger partial charge in [-0.3, -0.25) is 9.59 Å². The first-order valence-electron chi connectivity index (χ1n) is 8.30. The average molecular weight is 345 g/mol. The molecule has 1 heterocycles. The lowest BCUT2D eigenvalue weighted by molar-refractivity contribution is -0.122. The Hall–Kier alpha value is -2.08. The zero-order chi connectivity index (χ0) is 17.3. The molecule has 0 bridgehead atoms. The number of anilines is 1. The predicted molar refractivity (Wildman–Crippen MR) is 97.3 cm³/mol. The SMILES string of the molecule is Cc1sc(=O)n(CCC(=O)NC2CCCc3cc(N)ccc32)c1C. The van der Waals surface area contributed by atoms with E-state index in [1.54, 1.807) is 4.57 Å². The van der Waals surface area contributed by atoms with E-state index in [1.807, 2.05) is 32.0 Å². The van der Waals surface area contributed by atoms with Crippen LogP contribution in [0, 0.1) is 13.8 Å². The van der Waals surface area contributed by atoms with Crippen LogP contribution >= 0.6 is 11.3 Å². The van der Waals surface area contributed by atoms with Gasteiger partial charge in [-0.2, -0.15) is 0 Å². The molecule has 0 saturated carbocycles. The summed E-state index contributed by atoms with van der Waals surface area (Å²) in [5.74, 6) is -0.0140. The molecule has 1 aromatic carbocycles. The number of carbonyl (C=O) groups excluding carboxylic acids is 1. The third-order valence-corrected chi connectivity index (χ3v) is 5.75. The van der Waals surface area contributed by atoms with E-state index in [9.17, 15) is 9.59 Å². The summed E-state index contributed by atoms with van der Waals surface area (Å²) in [6.07, 6.45) is 3.32. The number of thiazole rings is 1. The van der Waals surface area contributed by atoms with Crippen LogP contribution in [0.3, 0.4) is 0 Å². The fourth-order valence-corrected chi connectivity index (χ4v) is 4.17. The number of nitrogens with two attached hydrogens (primary N) is 1. The van der Waals surface area contributed by atoms with Crippen molar-refractivity contribution < 1.29 is 4.79 Å². The van der Waals surface area contributed by atoms with Crippen molar-refractivity contribution in [1.82, 2.24) is 9.88 Å². The molecule has 0 saturated heterocycles. The molecule has 6 heteroatoms. The minimum Gasteiger partial charge on any atom is -0.399 e. The number of rotatable bonds is 4. The van der Waals surface area contributed by atoms with Gasteiger partial charge in [-0.1, -0.05) is 17.4 Å². The molecule has 0 fully saturated rings. The van der Waals surface area contributed by atoms with Crippen molar-refractivity contribution in [3.8, 4) is 0 Å². The van der Waals surface area contributed by atoms with Gasteiger partial charge in [0.2, 0.25) is 5.91 Å². The van der Waals surface area contributed by atoms with Gasteiger partial charge in [0.25, 0.3) is 0 Å². The molecule has 1 atom stereocenters. The standard InChI is InChI=1S/C18H23N3O2S/c1-11-12(2)24-18(23)21(11)9-8-17(22)20-16-5-3-4-13-10-14(19)6-7-15(13)16/h6-7,10,16H,3-5,8-9,19H2,1-2H3,(H,20,22). The molecular weight excluding hydrogens is 322 g/mol. The summed E-state index contributed by atoms with van der Waals surface area (Å²) >= 11 is 1.24. The van der Waals surface area contributed by atoms with Crippen molar-refractivity contribution >= 4 is 22.9 Å².